The highest BCUT2D eigenvalue weighted by Crippen LogP contribution is 2.51. The van der Waals surface area contributed by atoms with E-state index in [0.717, 1.165) is 17.7 Å². The largest absolute Gasteiger partial charge is 0.493 e. The highest BCUT2D eigenvalue weighted by molar-refractivity contribution is 9.09. The zero-order chi connectivity index (χ0) is 11.0. The Labute approximate surface area is 105 Å². The van der Waals surface area contributed by atoms with Crippen LogP contribution in [0.2, 0.25) is 0 Å². The van der Waals surface area contributed by atoms with Crippen molar-refractivity contribution < 1.29 is 4.74 Å². The molecule has 2 heteroatoms. The van der Waals surface area contributed by atoms with Gasteiger partial charge in [-0.3, -0.25) is 0 Å². The average Bonchev–Trinajstić information content (AvgIpc) is 2.67. The third-order valence-electron chi connectivity index (χ3n) is 4.18. The highest BCUT2D eigenvalue weighted by Gasteiger charge is 2.40. The van der Waals surface area contributed by atoms with Gasteiger partial charge in [0.2, 0.25) is 0 Å². The fraction of sp³-hybridized carbons (Fsp3) is 0.571. The summed E-state index contributed by atoms with van der Waals surface area (Å²) in [6, 6.07) is 8.51. The molecule has 1 aromatic rings. The molecule has 0 amide bonds. The molecule has 1 heterocycles. The van der Waals surface area contributed by atoms with E-state index in [4.69, 9.17) is 4.74 Å². The van der Waals surface area contributed by atoms with E-state index in [2.05, 4.69) is 40.2 Å². The molecule has 16 heavy (non-hydrogen) atoms. The van der Waals surface area contributed by atoms with E-state index in [-0.39, 0.29) is 0 Å². The molecule has 0 bridgehead atoms. The Morgan fingerprint density at radius 3 is 2.81 bits per heavy atom. The maximum absolute atomic E-state index is 5.75. The standard InChI is InChI=1S/C14H17BrO/c15-10-14(6-3-7-14)8-11-9-16-13-5-2-1-4-12(11)13/h1-2,4-5,11H,3,6-10H2. The summed E-state index contributed by atoms with van der Waals surface area (Å²) in [6.45, 7) is 0.883. The van der Waals surface area contributed by atoms with Crippen molar-refractivity contribution in [1.29, 1.82) is 0 Å². The van der Waals surface area contributed by atoms with Gasteiger partial charge in [-0.05, 0) is 30.7 Å². The molecule has 0 saturated heterocycles. The molecule has 1 fully saturated rings. The minimum absolute atomic E-state index is 0.561. The molecule has 3 rings (SSSR count). The fourth-order valence-corrected chi connectivity index (χ4v) is 3.78. The van der Waals surface area contributed by atoms with Crippen molar-refractivity contribution in [3.63, 3.8) is 0 Å². The molecule has 1 aromatic carbocycles. The van der Waals surface area contributed by atoms with E-state index >= 15 is 0 Å². The van der Waals surface area contributed by atoms with Crippen LogP contribution in [0.1, 0.15) is 37.2 Å². The predicted molar refractivity (Wildman–Crippen MR) is 69.4 cm³/mol. The van der Waals surface area contributed by atoms with Gasteiger partial charge in [-0.25, -0.2) is 0 Å². The number of hydrogen-bond donors (Lipinski definition) is 0. The van der Waals surface area contributed by atoms with Gasteiger partial charge in [0, 0.05) is 16.8 Å². The first kappa shape index (κ1) is 10.6. The Bertz CT molecular complexity index is 379. The molecule has 1 aliphatic heterocycles. The summed E-state index contributed by atoms with van der Waals surface area (Å²) in [5.74, 6) is 1.73. The molecule has 1 nitrogen and oxygen atoms in total. The van der Waals surface area contributed by atoms with Crippen LogP contribution in [-0.2, 0) is 0 Å². The fourth-order valence-electron chi connectivity index (χ4n) is 2.99. The lowest BCUT2D eigenvalue weighted by Crippen LogP contribution is -2.33. The SMILES string of the molecule is BrCC1(CC2COc3ccccc32)CCC1. The van der Waals surface area contributed by atoms with Crippen LogP contribution in [0.3, 0.4) is 0 Å². The maximum Gasteiger partial charge on any atom is 0.122 e. The molecule has 1 aliphatic carbocycles. The summed E-state index contributed by atoms with van der Waals surface area (Å²) < 4.78 is 5.75. The number of para-hydroxylation sites is 1. The number of alkyl halides is 1. The van der Waals surface area contributed by atoms with Gasteiger partial charge >= 0.3 is 0 Å². The van der Waals surface area contributed by atoms with Gasteiger partial charge < -0.3 is 4.74 Å². The minimum atomic E-state index is 0.561. The first-order chi connectivity index (χ1) is 7.83. The van der Waals surface area contributed by atoms with Crippen molar-refractivity contribution in [2.45, 2.75) is 31.6 Å². The molecule has 0 N–H and O–H groups in total. The monoisotopic (exact) mass is 280 g/mol. The number of halogens is 1. The third-order valence-corrected chi connectivity index (χ3v) is 5.37. The molecular weight excluding hydrogens is 264 g/mol. The van der Waals surface area contributed by atoms with Crippen LogP contribution in [0, 0.1) is 5.41 Å². The van der Waals surface area contributed by atoms with Crippen LogP contribution in [0.15, 0.2) is 24.3 Å². The molecule has 1 saturated carbocycles. The van der Waals surface area contributed by atoms with Gasteiger partial charge in [-0.1, -0.05) is 40.5 Å². The minimum Gasteiger partial charge on any atom is -0.493 e. The third kappa shape index (κ3) is 1.67. The summed E-state index contributed by atoms with van der Waals surface area (Å²) in [6.07, 6.45) is 5.46. The summed E-state index contributed by atoms with van der Waals surface area (Å²) in [7, 11) is 0. The molecule has 0 spiro atoms. The number of fused-ring (bicyclic) bond motifs is 1. The van der Waals surface area contributed by atoms with E-state index < -0.39 is 0 Å². The Balaban J connectivity index is 1.78. The lowest BCUT2D eigenvalue weighted by molar-refractivity contribution is 0.134. The van der Waals surface area contributed by atoms with Gasteiger partial charge in [-0.2, -0.15) is 0 Å². The molecule has 0 aromatic heterocycles. The average molecular weight is 281 g/mol. The lowest BCUT2D eigenvalue weighted by Gasteiger charge is -2.42. The normalized spacial score (nSPS) is 25.7. The van der Waals surface area contributed by atoms with Crippen molar-refractivity contribution in [3.8, 4) is 5.75 Å². The molecule has 1 atom stereocenters. The zero-order valence-electron chi connectivity index (χ0n) is 9.42. The lowest BCUT2D eigenvalue weighted by atomic mass is 9.65. The summed E-state index contributed by atoms with van der Waals surface area (Å²) in [5.41, 5.74) is 1.99. The Morgan fingerprint density at radius 2 is 2.12 bits per heavy atom. The molecule has 2 aliphatic rings. The smallest absolute Gasteiger partial charge is 0.122 e. The van der Waals surface area contributed by atoms with E-state index in [9.17, 15) is 0 Å². The summed E-state index contributed by atoms with van der Waals surface area (Å²) in [5, 5.41) is 1.15. The van der Waals surface area contributed by atoms with Crippen LogP contribution >= 0.6 is 15.9 Å². The maximum atomic E-state index is 5.75. The Kier molecular flexibility index (Phi) is 2.70. The summed E-state index contributed by atoms with van der Waals surface area (Å²) in [4.78, 5) is 0. The Hall–Kier alpha value is -0.500. The van der Waals surface area contributed by atoms with E-state index in [1.165, 1.54) is 31.2 Å². The second kappa shape index (κ2) is 4.06. The van der Waals surface area contributed by atoms with Gasteiger partial charge in [0.25, 0.3) is 0 Å². The number of benzene rings is 1. The number of rotatable bonds is 3. The van der Waals surface area contributed by atoms with Gasteiger partial charge in [0.15, 0.2) is 0 Å². The number of hydrogen-bond acceptors (Lipinski definition) is 1. The van der Waals surface area contributed by atoms with E-state index in [0.29, 0.717) is 11.3 Å². The Morgan fingerprint density at radius 1 is 1.31 bits per heavy atom. The molecule has 0 radical (unpaired) electrons. The van der Waals surface area contributed by atoms with Crippen molar-refractivity contribution in [2.24, 2.45) is 5.41 Å². The van der Waals surface area contributed by atoms with Crippen molar-refractivity contribution in [3.05, 3.63) is 29.8 Å². The molecular formula is C14H17BrO. The van der Waals surface area contributed by atoms with E-state index in [1.54, 1.807) is 0 Å². The molecule has 1 unspecified atom stereocenters. The second-order valence-corrected chi connectivity index (χ2v) is 5.80. The second-order valence-electron chi connectivity index (χ2n) is 5.24. The first-order valence-corrected chi connectivity index (χ1v) is 7.23. The van der Waals surface area contributed by atoms with Crippen molar-refractivity contribution in [1.82, 2.24) is 0 Å². The predicted octanol–water partition coefficient (Wildman–Crippen LogP) is 4.12. The first-order valence-electron chi connectivity index (χ1n) is 6.11. The molecule has 86 valence electrons. The van der Waals surface area contributed by atoms with Crippen LogP contribution in [0.5, 0.6) is 5.75 Å². The highest BCUT2D eigenvalue weighted by atomic mass is 79.9. The topological polar surface area (TPSA) is 9.23 Å². The van der Waals surface area contributed by atoms with Crippen LogP contribution in [-0.4, -0.2) is 11.9 Å². The van der Waals surface area contributed by atoms with Crippen molar-refractivity contribution in [2.75, 3.05) is 11.9 Å². The van der Waals surface area contributed by atoms with Gasteiger partial charge in [-0.15, -0.1) is 0 Å². The van der Waals surface area contributed by atoms with Crippen LogP contribution in [0.25, 0.3) is 0 Å². The zero-order valence-corrected chi connectivity index (χ0v) is 11.0. The van der Waals surface area contributed by atoms with Gasteiger partial charge in [0.1, 0.15) is 5.75 Å². The van der Waals surface area contributed by atoms with E-state index in [1.807, 2.05) is 0 Å². The van der Waals surface area contributed by atoms with Crippen LogP contribution in [0.4, 0.5) is 0 Å². The van der Waals surface area contributed by atoms with Crippen LogP contribution < -0.4 is 4.74 Å². The summed E-state index contributed by atoms with van der Waals surface area (Å²) >= 11 is 3.69. The van der Waals surface area contributed by atoms with Crippen molar-refractivity contribution >= 4 is 15.9 Å². The quantitative estimate of drug-likeness (QED) is 0.757. The number of ether oxygens (including phenoxy) is 1. The van der Waals surface area contributed by atoms with Gasteiger partial charge in [0.05, 0.1) is 6.61 Å².